The number of benzene rings is 3. The Balaban J connectivity index is 1.24. The Morgan fingerprint density at radius 3 is 2.50 bits per heavy atom. The van der Waals surface area contributed by atoms with Crippen molar-refractivity contribution in [3.05, 3.63) is 66.2 Å². The van der Waals surface area contributed by atoms with Crippen LogP contribution in [0, 0.1) is 5.92 Å². The zero-order chi connectivity index (χ0) is 23.9. The van der Waals surface area contributed by atoms with Gasteiger partial charge in [-0.25, -0.2) is 8.42 Å². The predicted molar refractivity (Wildman–Crippen MR) is 131 cm³/mol. The number of anilines is 2. The standard InChI is InChI=1S/C25H26N4O4S/c26-25(31)19-6-3-13-28(15-19)14-17-9-11-20(12-10-17)27-23(30)16-29-21-7-1-4-18-5-2-8-22(24(18)21)34(29,32)33/h1-2,4-5,7-12,19H,3,6,13-16H2,(H2,26,31)(H,27,30). The highest BCUT2D eigenvalue weighted by atomic mass is 32.2. The summed E-state index contributed by atoms with van der Waals surface area (Å²) in [4.78, 5) is 26.7. The average molecular weight is 479 g/mol. The van der Waals surface area contributed by atoms with Crippen LogP contribution in [0.3, 0.4) is 0 Å². The minimum absolute atomic E-state index is 0.105. The number of piperidine rings is 1. The Morgan fingerprint density at radius 2 is 1.76 bits per heavy atom. The summed E-state index contributed by atoms with van der Waals surface area (Å²) in [5.74, 6) is -0.769. The number of nitrogens with two attached hydrogens (primary N) is 1. The largest absolute Gasteiger partial charge is 0.369 e. The molecule has 2 amide bonds. The predicted octanol–water partition coefficient (Wildman–Crippen LogP) is 2.68. The lowest BCUT2D eigenvalue weighted by Crippen LogP contribution is -2.40. The van der Waals surface area contributed by atoms with Gasteiger partial charge in [0.25, 0.3) is 10.0 Å². The molecule has 2 aliphatic heterocycles. The molecule has 2 aliphatic rings. The first-order valence-electron chi connectivity index (χ1n) is 11.3. The number of nitrogens with zero attached hydrogens (tertiary/aromatic N) is 2. The molecule has 0 aromatic heterocycles. The molecule has 3 aromatic rings. The van der Waals surface area contributed by atoms with Crippen molar-refractivity contribution in [2.45, 2.75) is 24.3 Å². The molecule has 0 spiro atoms. The third-order valence-corrected chi connectivity index (χ3v) is 8.32. The summed E-state index contributed by atoms with van der Waals surface area (Å²) in [5, 5.41) is 4.28. The number of amides is 2. The van der Waals surface area contributed by atoms with E-state index in [1.165, 1.54) is 4.31 Å². The maximum atomic E-state index is 13.1. The van der Waals surface area contributed by atoms with Crippen LogP contribution in [0.1, 0.15) is 18.4 Å². The van der Waals surface area contributed by atoms with Crippen molar-refractivity contribution in [1.82, 2.24) is 4.90 Å². The number of hydrogen-bond acceptors (Lipinski definition) is 5. The smallest absolute Gasteiger partial charge is 0.265 e. The van der Waals surface area contributed by atoms with Gasteiger partial charge in [0, 0.05) is 24.2 Å². The molecule has 0 saturated carbocycles. The Morgan fingerprint density at radius 1 is 1.03 bits per heavy atom. The average Bonchev–Trinajstić information content (AvgIpc) is 3.04. The molecule has 1 fully saturated rings. The van der Waals surface area contributed by atoms with E-state index in [0.717, 1.165) is 30.3 Å². The van der Waals surface area contributed by atoms with Crippen LogP contribution in [-0.2, 0) is 26.2 Å². The molecule has 3 N–H and O–H groups in total. The number of carbonyl (C=O) groups excluding carboxylic acids is 2. The van der Waals surface area contributed by atoms with Gasteiger partial charge in [-0.15, -0.1) is 0 Å². The lowest BCUT2D eigenvalue weighted by Gasteiger charge is -2.31. The number of nitrogens with one attached hydrogen (secondary N) is 1. The zero-order valence-electron chi connectivity index (χ0n) is 18.6. The quantitative estimate of drug-likeness (QED) is 0.566. The molecule has 9 heteroatoms. The topological polar surface area (TPSA) is 113 Å². The number of sulfonamides is 1. The van der Waals surface area contributed by atoms with E-state index in [4.69, 9.17) is 5.73 Å². The van der Waals surface area contributed by atoms with E-state index in [0.29, 0.717) is 29.9 Å². The van der Waals surface area contributed by atoms with Gasteiger partial charge in [0.15, 0.2) is 0 Å². The molecule has 34 heavy (non-hydrogen) atoms. The van der Waals surface area contributed by atoms with Crippen LogP contribution in [-0.4, -0.2) is 44.8 Å². The van der Waals surface area contributed by atoms with Crippen molar-refractivity contribution in [3.8, 4) is 0 Å². The fourth-order valence-corrected chi connectivity index (χ4v) is 6.51. The van der Waals surface area contributed by atoms with Crippen LogP contribution in [0.2, 0.25) is 0 Å². The van der Waals surface area contributed by atoms with E-state index < -0.39 is 15.9 Å². The second-order valence-corrected chi connectivity index (χ2v) is 10.7. The van der Waals surface area contributed by atoms with Crippen molar-refractivity contribution >= 4 is 44.0 Å². The summed E-state index contributed by atoms with van der Waals surface area (Å²) in [7, 11) is -3.79. The molecule has 1 unspecified atom stereocenters. The molecule has 8 nitrogen and oxygen atoms in total. The third kappa shape index (κ3) is 4.12. The van der Waals surface area contributed by atoms with Gasteiger partial charge in [0.05, 0.1) is 16.5 Å². The van der Waals surface area contributed by atoms with Crippen LogP contribution >= 0.6 is 0 Å². The maximum Gasteiger partial charge on any atom is 0.265 e. The van der Waals surface area contributed by atoms with E-state index in [9.17, 15) is 18.0 Å². The second-order valence-electron chi connectivity index (χ2n) is 8.86. The Bertz CT molecular complexity index is 1370. The molecule has 2 heterocycles. The first kappa shape index (κ1) is 22.4. The van der Waals surface area contributed by atoms with Gasteiger partial charge in [-0.1, -0.05) is 36.4 Å². The molecule has 176 valence electrons. The van der Waals surface area contributed by atoms with E-state index in [2.05, 4.69) is 10.2 Å². The van der Waals surface area contributed by atoms with E-state index in [-0.39, 0.29) is 23.3 Å². The van der Waals surface area contributed by atoms with Gasteiger partial charge in [-0.3, -0.25) is 18.8 Å². The van der Waals surface area contributed by atoms with Crippen molar-refractivity contribution < 1.29 is 18.0 Å². The highest BCUT2D eigenvalue weighted by Gasteiger charge is 2.36. The van der Waals surface area contributed by atoms with Gasteiger partial charge in [0.2, 0.25) is 11.8 Å². The molecule has 0 aliphatic carbocycles. The minimum atomic E-state index is -3.79. The number of hydrogen-bond donors (Lipinski definition) is 2. The molecule has 5 rings (SSSR count). The van der Waals surface area contributed by atoms with Crippen molar-refractivity contribution in [2.75, 3.05) is 29.3 Å². The van der Waals surface area contributed by atoms with Crippen LogP contribution < -0.4 is 15.4 Å². The second kappa shape index (κ2) is 8.73. The van der Waals surface area contributed by atoms with Crippen molar-refractivity contribution in [1.29, 1.82) is 0 Å². The van der Waals surface area contributed by atoms with Crippen molar-refractivity contribution in [2.24, 2.45) is 11.7 Å². The summed E-state index contributed by atoms with van der Waals surface area (Å²) in [6.07, 6.45) is 1.78. The van der Waals surface area contributed by atoms with Gasteiger partial charge >= 0.3 is 0 Å². The van der Waals surface area contributed by atoms with Crippen LogP contribution in [0.25, 0.3) is 10.8 Å². The fraction of sp³-hybridized carbons (Fsp3) is 0.280. The maximum absolute atomic E-state index is 13.1. The number of primary amides is 1. The summed E-state index contributed by atoms with van der Waals surface area (Å²) in [6, 6.07) is 18.0. The van der Waals surface area contributed by atoms with Crippen LogP contribution in [0.15, 0.2) is 65.6 Å². The summed E-state index contributed by atoms with van der Waals surface area (Å²) in [6.45, 7) is 1.97. The molecule has 0 bridgehead atoms. The van der Waals surface area contributed by atoms with Gasteiger partial charge in [-0.05, 0) is 54.6 Å². The van der Waals surface area contributed by atoms with Gasteiger partial charge in [-0.2, -0.15) is 0 Å². The SMILES string of the molecule is NC(=O)C1CCCN(Cc2ccc(NC(=O)CN3c4cccc5cccc(c45)S3(=O)=O)cc2)C1. The van der Waals surface area contributed by atoms with Gasteiger partial charge < -0.3 is 11.1 Å². The molecule has 1 saturated heterocycles. The number of likely N-dealkylation sites (tertiary alicyclic amines) is 1. The van der Waals surface area contributed by atoms with E-state index in [1.807, 2.05) is 24.3 Å². The molecule has 0 radical (unpaired) electrons. The third-order valence-electron chi connectivity index (χ3n) is 6.52. The van der Waals surface area contributed by atoms with Crippen molar-refractivity contribution in [3.63, 3.8) is 0 Å². The highest BCUT2D eigenvalue weighted by Crippen LogP contribution is 2.41. The summed E-state index contributed by atoms with van der Waals surface area (Å²) >= 11 is 0. The van der Waals surface area contributed by atoms with Gasteiger partial charge in [0.1, 0.15) is 6.54 Å². The normalized spacial score (nSPS) is 19.3. The Kier molecular flexibility index (Phi) is 5.75. The fourth-order valence-electron chi connectivity index (χ4n) is 4.84. The highest BCUT2D eigenvalue weighted by molar-refractivity contribution is 7.93. The number of rotatable bonds is 6. The molecular formula is C25H26N4O4S. The molecule has 1 atom stereocenters. The molecule has 3 aromatic carbocycles. The lowest BCUT2D eigenvalue weighted by atomic mass is 9.97. The zero-order valence-corrected chi connectivity index (χ0v) is 19.4. The van der Waals surface area contributed by atoms with E-state index >= 15 is 0 Å². The van der Waals surface area contributed by atoms with Crippen LogP contribution in [0.4, 0.5) is 11.4 Å². The van der Waals surface area contributed by atoms with E-state index in [1.54, 1.807) is 36.4 Å². The minimum Gasteiger partial charge on any atom is -0.369 e. The summed E-state index contributed by atoms with van der Waals surface area (Å²) < 4.78 is 27.3. The number of carbonyl (C=O) groups is 2. The lowest BCUT2D eigenvalue weighted by molar-refractivity contribution is -0.123. The Hall–Kier alpha value is -3.43. The first-order valence-corrected chi connectivity index (χ1v) is 12.7. The summed E-state index contributed by atoms with van der Waals surface area (Å²) in [5.41, 5.74) is 7.64. The Labute approximate surface area is 198 Å². The molecular weight excluding hydrogens is 452 g/mol. The van der Waals surface area contributed by atoms with Crippen LogP contribution in [0.5, 0.6) is 0 Å². The first-order chi connectivity index (χ1) is 16.3. The monoisotopic (exact) mass is 478 g/mol.